The first-order chi connectivity index (χ1) is 8.04. The van der Waals surface area contributed by atoms with Crippen molar-refractivity contribution in [3.8, 4) is 0 Å². The van der Waals surface area contributed by atoms with Crippen LogP contribution in [0.2, 0.25) is 0 Å². The summed E-state index contributed by atoms with van der Waals surface area (Å²) in [6.45, 7) is 8.25. The largest absolute Gasteiger partial charge is 0.352 e. The highest BCUT2D eigenvalue weighted by Gasteiger charge is 2.26. The Hall–Kier alpha value is -0.610. The average molecular weight is 241 g/mol. The molecule has 0 aromatic rings. The fourth-order valence-corrected chi connectivity index (χ4v) is 1.96. The van der Waals surface area contributed by atoms with E-state index in [-0.39, 0.29) is 11.9 Å². The third-order valence-corrected chi connectivity index (χ3v) is 3.74. The van der Waals surface area contributed by atoms with Crippen molar-refractivity contribution < 1.29 is 4.79 Å². The van der Waals surface area contributed by atoms with Gasteiger partial charge in [-0.15, -0.1) is 0 Å². The highest BCUT2D eigenvalue weighted by Crippen LogP contribution is 2.24. The first-order valence-electron chi connectivity index (χ1n) is 6.78. The van der Waals surface area contributed by atoms with Crippen molar-refractivity contribution in [3.63, 3.8) is 0 Å². The van der Waals surface area contributed by atoms with Gasteiger partial charge in [0, 0.05) is 25.2 Å². The summed E-state index contributed by atoms with van der Waals surface area (Å²) in [4.78, 5) is 14.1. The first-order valence-corrected chi connectivity index (χ1v) is 6.78. The maximum atomic E-state index is 11.9. The molecule has 0 bridgehead atoms. The summed E-state index contributed by atoms with van der Waals surface area (Å²) in [7, 11) is 0. The lowest BCUT2D eigenvalue weighted by Gasteiger charge is -2.37. The van der Waals surface area contributed by atoms with Gasteiger partial charge in [0.2, 0.25) is 5.91 Å². The van der Waals surface area contributed by atoms with Gasteiger partial charge in [0.15, 0.2) is 0 Å². The van der Waals surface area contributed by atoms with E-state index in [0.717, 1.165) is 6.54 Å². The molecule has 4 nitrogen and oxygen atoms in total. The number of hydrogen-bond acceptors (Lipinski definition) is 3. The van der Waals surface area contributed by atoms with Gasteiger partial charge in [-0.1, -0.05) is 20.3 Å². The van der Waals surface area contributed by atoms with E-state index in [1.807, 2.05) is 0 Å². The molecule has 1 aliphatic rings. The predicted molar refractivity (Wildman–Crippen MR) is 70.7 cm³/mol. The number of hydrogen-bond donors (Lipinski definition) is 2. The first kappa shape index (κ1) is 14.5. The fourth-order valence-electron chi connectivity index (χ4n) is 1.96. The molecule has 0 saturated heterocycles. The van der Waals surface area contributed by atoms with E-state index in [9.17, 15) is 4.79 Å². The number of amides is 1. The van der Waals surface area contributed by atoms with Crippen LogP contribution in [-0.2, 0) is 4.79 Å². The summed E-state index contributed by atoms with van der Waals surface area (Å²) in [5, 5.41) is 3.05. The Labute approximate surface area is 105 Å². The second-order valence-electron chi connectivity index (χ2n) is 5.44. The molecule has 4 heteroatoms. The van der Waals surface area contributed by atoms with E-state index >= 15 is 0 Å². The van der Waals surface area contributed by atoms with Crippen LogP contribution in [0.1, 0.15) is 40.0 Å². The van der Waals surface area contributed by atoms with Crippen LogP contribution in [0.15, 0.2) is 0 Å². The molecule has 1 saturated carbocycles. The monoisotopic (exact) mass is 241 g/mol. The van der Waals surface area contributed by atoms with Crippen LogP contribution in [-0.4, -0.2) is 42.5 Å². The van der Waals surface area contributed by atoms with Crippen molar-refractivity contribution in [2.45, 2.75) is 52.1 Å². The van der Waals surface area contributed by atoms with Crippen molar-refractivity contribution in [1.29, 1.82) is 0 Å². The predicted octanol–water partition coefficient (Wildman–Crippen LogP) is 0.960. The number of nitrogens with zero attached hydrogens (tertiary/aromatic N) is 1. The molecule has 1 fully saturated rings. The highest BCUT2D eigenvalue weighted by atomic mass is 16.2. The van der Waals surface area contributed by atoms with Crippen LogP contribution in [0.25, 0.3) is 0 Å². The third kappa shape index (κ3) is 4.64. The normalized spacial score (nSPS) is 18.2. The van der Waals surface area contributed by atoms with Gasteiger partial charge in [0.1, 0.15) is 0 Å². The molecule has 1 aliphatic carbocycles. The molecule has 0 spiro atoms. The van der Waals surface area contributed by atoms with Gasteiger partial charge in [-0.2, -0.15) is 0 Å². The summed E-state index contributed by atoms with van der Waals surface area (Å²) in [6, 6.07) is 0.822. The van der Waals surface area contributed by atoms with Crippen molar-refractivity contribution in [2.24, 2.45) is 11.7 Å². The topological polar surface area (TPSA) is 58.4 Å². The van der Waals surface area contributed by atoms with E-state index < -0.39 is 0 Å². The van der Waals surface area contributed by atoms with E-state index in [4.69, 9.17) is 5.73 Å². The Morgan fingerprint density at radius 1 is 1.41 bits per heavy atom. The van der Waals surface area contributed by atoms with E-state index in [1.165, 1.54) is 19.3 Å². The van der Waals surface area contributed by atoms with Crippen molar-refractivity contribution in [3.05, 3.63) is 0 Å². The van der Waals surface area contributed by atoms with Crippen LogP contribution in [0, 0.1) is 5.92 Å². The molecule has 100 valence electrons. The summed E-state index contributed by atoms with van der Waals surface area (Å²) in [5.74, 6) is 0.608. The Morgan fingerprint density at radius 3 is 2.47 bits per heavy atom. The zero-order valence-electron chi connectivity index (χ0n) is 11.4. The van der Waals surface area contributed by atoms with Crippen LogP contribution in [0.3, 0.4) is 0 Å². The van der Waals surface area contributed by atoms with Crippen molar-refractivity contribution in [2.75, 3.05) is 19.6 Å². The minimum Gasteiger partial charge on any atom is -0.352 e. The Kier molecular flexibility index (Phi) is 5.92. The van der Waals surface area contributed by atoms with Crippen LogP contribution >= 0.6 is 0 Å². The molecule has 1 atom stereocenters. The molecule has 0 heterocycles. The molecular formula is C13H27N3O. The van der Waals surface area contributed by atoms with Crippen molar-refractivity contribution >= 4 is 5.91 Å². The van der Waals surface area contributed by atoms with Gasteiger partial charge in [-0.25, -0.2) is 0 Å². The van der Waals surface area contributed by atoms with Crippen LogP contribution in [0.4, 0.5) is 0 Å². The van der Waals surface area contributed by atoms with E-state index in [2.05, 4.69) is 31.0 Å². The van der Waals surface area contributed by atoms with E-state index in [1.54, 1.807) is 0 Å². The zero-order valence-corrected chi connectivity index (χ0v) is 11.4. The molecule has 0 radical (unpaired) electrons. The lowest BCUT2D eigenvalue weighted by atomic mass is 9.91. The van der Waals surface area contributed by atoms with Crippen LogP contribution < -0.4 is 11.1 Å². The van der Waals surface area contributed by atoms with E-state index in [0.29, 0.717) is 25.0 Å². The Morgan fingerprint density at radius 2 is 2.06 bits per heavy atom. The number of rotatable bonds is 7. The lowest BCUT2D eigenvalue weighted by molar-refractivity contribution is -0.124. The minimum atomic E-state index is 0.131. The number of nitrogens with one attached hydrogen (secondary N) is 1. The van der Waals surface area contributed by atoms with Gasteiger partial charge < -0.3 is 11.1 Å². The average Bonchev–Trinajstić information content (AvgIpc) is 2.14. The summed E-state index contributed by atoms with van der Waals surface area (Å²) >= 11 is 0. The van der Waals surface area contributed by atoms with Gasteiger partial charge in [0.25, 0.3) is 0 Å². The molecule has 0 aromatic carbocycles. The molecule has 1 unspecified atom stereocenters. The number of carbonyl (C=O) groups excluding carboxylic acids is 1. The van der Waals surface area contributed by atoms with Crippen molar-refractivity contribution in [1.82, 2.24) is 10.2 Å². The van der Waals surface area contributed by atoms with Gasteiger partial charge in [-0.05, 0) is 25.7 Å². The zero-order chi connectivity index (χ0) is 12.8. The summed E-state index contributed by atoms with van der Waals surface area (Å²) in [5.41, 5.74) is 5.60. The van der Waals surface area contributed by atoms with Gasteiger partial charge in [-0.3, -0.25) is 9.69 Å². The SMILES string of the molecule is CC(C)C(C)NC(=O)CN(CCN)C1CCC1. The highest BCUT2D eigenvalue weighted by molar-refractivity contribution is 5.78. The standard InChI is InChI=1S/C13H27N3O/c1-10(2)11(3)15-13(17)9-16(8-7-14)12-5-4-6-12/h10-12H,4-9,14H2,1-3H3,(H,15,17). The van der Waals surface area contributed by atoms with Gasteiger partial charge in [0.05, 0.1) is 6.54 Å². The van der Waals surface area contributed by atoms with Gasteiger partial charge >= 0.3 is 0 Å². The third-order valence-electron chi connectivity index (χ3n) is 3.74. The Balaban J connectivity index is 2.35. The molecule has 1 rings (SSSR count). The maximum absolute atomic E-state index is 11.9. The molecule has 1 amide bonds. The second-order valence-corrected chi connectivity index (χ2v) is 5.44. The molecule has 3 N–H and O–H groups in total. The molecule has 17 heavy (non-hydrogen) atoms. The molecule has 0 aliphatic heterocycles. The fraction of sp³-hybridized carbons (Fsp3) is 0.923. The number of nitrogens with two attached hydrogens (primary N) is 1. The lowest BCUT2D eigenvalue weighted by Crippen LogP contribution is -2.49. The minimum absolute atomic E-state index is 0.131. The molecular weight excluding hydrogens is 214 g/mol. The maximum Gasteiger partial charge on any atom is 0.234 e. The quantitative estimate of drug-likeness (QED) is 0.698. The Bertz CT molecular complexity index is 239. The summed E-state index contributed by atoms with van der Waals surface area (Å²) < 4.78 is 0. The smallest absolute Gasteiger partial charge is 0.234 e. The summed E-state index contributed by atoms with van der Waals surface area (Å²) in [6.07, 6.45) is 3.72. The van der Waals surface area contributed by atoms with Crippen LogP contribution in [0.5, 0.6) is 0 Å². The second kappa shape index (κ2) is 6.97. The number of carbonyl (C=O) groups is 1. The molecule has 0 aromatic heterocycles.